The number of benzene rings is 3. The highest BCUT2D eigenvalue weighted by molar-refractivity contribution is 7.92. The van der Waals surface area contributed by atoms with E-state index in [0.29, 0.717) is 11.4 Å². The number of hydrogen-bond acceptors (Lipinski definition) is 6. The summed E-state index contributed by atoms with van der Waals surface area (Å²) < 4.78 is 38.9. The monoisotopic (exact) mass is 514 g/mol. The minimum atomic E-state index is -3.96. The van der Waals surface area contributed by atoms with Crippen LogP contribution < -0.4 is 14.4 Å². The van der Waals surface area contributed by atoms with Crippen molar-refractivity contribution in [2.75, 3.05) is 22.8 Å². The zero-order chi connectivity index (χ0) is 25.2. The number of nitrogens with zero attached hydrogens (tertiary/aromatic N) is 1. The van der Waals surface area contributed by atoms with Gasteiger partial charge in [-0.05, 0) is 56.3 Å². The minimum absolute atomic E-state index is 0.111. The van der Waals surface area contributed by atoms with Gasteiger partial charge in [0.25, 0.3) is 15.9 Å². The lowest BCUT2D eigenvalue weighted by Crippen LogP contribution is -2.48. The molecule has 0 radical (unpaired) electrons. The summed E-state index contributed by atoms with van der Waals surface area (Å²) in [6.07, 6.45) is -1.13. The van der Waals surface area contributed by atoms with Crippen molar-refractivity contribution in [2.24, 2.45) is 0 Å². The zero-order valence-corrected chi connectivity index (χ0v) is 20.6. The van der Waals surface area contributed by atoms with Gasteiger partial charge in [-0.1, -0.05) is 41.4 Å². The number of rotatable bonds is 6. The summed E-state index contributed by atoms with van der Waals surface area (Å²) in [6.45, 7) is 3.53. The van der Waals surface area contributed by atoms with Crippen LogP contribution >= 0.6 is 11.6 Å². The van der Waals surface area contributed by atoms with Crippen molar-refractivity contribution in [1.29, 1.82) is 0 Å². The molecule has 0 aromatic heterocycles. The number of para-hydroxylation sites is 2. The Bertz CT molecular complexity index is 1370. The van der Waals surface area contributed by atoms with E-state index in [1.807, 2.05) is 6.92 Å². The van der Waals surface area contributed by atoms with Gasteiger partial charge in [0.1, 0.15) is 5.75 Å². The van der Waals surface area contributed by atoms with E-state index in [4.69, 9.17) is 21.1 Å². The van der Waals surface area contributed by atoms with Gasteiger partial charge in [0.2, 0.25) is 0 Å². The van der Waals surface area contributed by atoms with E-state index < -0.39 is 28.0 Å². The van der Waals surface area contributed by atoms with Crippen LogP contribution in [0.2, 0.25) is 5.02 Å². The number of ether oxygens (including phenoxy) is 2. The van der Waals surface area contributed by atoms with Gasteiger partial charge >= 0.3 is 5.97 Å². The molecule has 0 saturated carbocycles. The number of hydrogen-bond donors (Lipinski definition) is 1. The molecule has 4 rings (SSSR count). The zero-order valence-electron chi connectivity index (χ0n) is 19.0. The van der Waals surface area contributed by atoms with Crippen LogP contribution in [0, 0.1) is 6.92 Å². The second kappa shape index (κ2) is 9.97. The Hall–Kier alpha value is -3.56. The van der Waals surface area contributed by atoms with E-state index in [-0.39, 0.29) is 34.4 Å². The van der Waals surface area contributed by atoms with Crippen LogP contribution in [0.15, 0.2) is 71.6 Å². The molecule has 10 heteroatoms. The van der Waals surface area contributed by atoms with Crippen LogP contribution in [-0.2, 0) is 19.6 Å². The van der Waals surface area contributed by atoms with Crippen LogP contribution in [0.3, 0.4) is 0 Å². The molecule has 8 nitrogen and oxygen atoms in total. The summed E-state index contributed by atoms with van der Waals surface area (Å²) >= 11 is 6.19. The van der Waals surface area contributed by atoms with Gasteiger partial charge in [0.15, 0.2) is 6.10 Å². The van der Waals surface area contributed by atoms with Crippen LogP contribution in [0.5, 0.6) is 5.75 Å². The van der Waals surface area contributed by atoms with Crippen LogP contribution in [0.1, 0.15) is 22.8 Å². The van der Waals surface area contributed by atoms with Crippen molar-refractivity contribution in [2.45, 2.75) is 24.8 Å². The molecule has 1 atom stereocenters. The molecule has 182 valence electrons. The molecule has 0 bridgehead atoms. The van der Waals surface area contributed by atoms with Gasteiger partial charge in [-0.25, -0.2) is 13.2 Å². The van der Waals surface area contributed by atoms with E-state index in [0.717, 1.165) is 5.56 Å². The highest BCUT2D eigenvalue weighted by Crippen LogP contribution is 2.37. The average Bonchev–Trinajstić information content (AvgIpc) is 2.83. The number of sulfonamides is 1. The fourth-order valence-corrected chi connectivity index (χ4v) is 5.33. The Kier molecular flexibility index (Phi) is 7.00. The number of carbonyl (C=O) groups is 2. The van der Waals surface area contributed by atoms with Gasteiger partial charge < -0.3 is 14.8 Å². The Balaban J connectivity index is 1.59. The molecule has 1 amide bonds. The highest BCUT2D eigenvalue weighted by Gasteiger charge is 2.37. The first kappa shape index (κ1) is 24.6. The fourth-order valence-electron chi connectivity index (χ4n) is 3.59. The largest absolute Gasteiger partial charge is 0.476 e. The lowest BCUT2D eigenvalue weighted by molar-refractivity contribution is -0.122. The first-order chi connectivity index (χ1) is 16.7. The Morgan fingerprint density at radius 1 is 1.11 bits per heavy atom. The van der Waals surface area contributed by atoms with Gasteiger partial charge in [-0.15, -0.1) is 0 Å². The first-order valence-electron chi connectivity index (χ1n) is 10.8. The van der Waals surface area contributed by atoms with Crippen molar-refractivity contribution in [3.05, 3.63) is 82.9 Å². The third-order valence-electron chi connectivity index (χ3n) is 5.37. The maximum Gasteiger partial charge on any atom is 0.339 e. The Labute approximate surface area is 208 Å². The van der Waals surface area contributed by atoms with E-state index in [2.05, 4.69) is 5.32 Å². The van der Waals surface area contributed by atoms with Crippen molar-refractivity contribution in [1.82, 2.24) is 0 Å². The topological polar surface area (TPSA) is 102 Å². The molecule has 0 saturated heterocycles. The van der Waals surface area contributed by atoms with E-state index in [1.54, 1.807) is 43.3 Å². The summed E-state index contributed by atoms with van der Waals surface area (Å²) in [6, 6.07) is 17.5. The van der Waals surface area contributed by atoms with Gasteiger partial charge in [0.05, 0.1) is 34.3 Å². The molecule has 1 aliphatic rings. The highest BCUT2D eigenvalue weighted by atomic mass is 35.5. The molecular formula is C25H23ClN2O6S. The number of amides is 1. The van der Waals surface area contributed by atoms with Gasteiger partial charge in [0, 0.05) is 5.69 Å². The summed E-state index contributed by atoms with van der Waals surface area (Å²) in [4.78, 5) is 25.1. The lowest BCUT2D eigenvalue weighted by atomic mass is 10.2. The molecule has 0 spiro atoms. The molecule has 1 aliphatic heterocycles. The summed E-state index contributed by atoms with van der Waals surface area (Å²) in [5, 5.41) is 2.79. The van der Waals surface area contributed by atoms with E-state index in [1.165, 1.54) is 34.6 Å². The number of anilines is 2. The van der Waals surface area contributed by atoms with Gasteiger partial charge in [-0.2, -0.15) is 0 Å². The molecule has 3 aromatic rings. The summed E-state index contributed by atoms with van der Waals surface area (Å²) in [5.41, 5.74) is 1.77. The smallest absolute Gasteiger partial charge is 0.339 e. The maximum atomic E-state index is 13.5. The Morgan fingerprint density at radius 3 is 2.51 bits per heavy atom. The second-order valence-electron chi connectivity index (χ2n) is 7.83. The minimum Gasteiger partial charge on any atom is -0.476 e. The SMILES string of the molecule is CCOC(=O)c1ccc(NC(=O)[C@H]2CN(S(=O)(=O)c3ccc(C)cc3)c3ccccc3O2)cc1Cl. The van der Waals surface area contributed by atoms with Gasteiger partial charge in [-0.3, -0.25) is 9.10 Å². The number of aryl methyl sites for hydroxylation is 1. The van der Waals surface area contributed by atoms with Crippen LogP contribution in [0.25, 0.3) is 0 Å². The van der Waals surface area contributed by atoms with E-state index in [9.17, 15) is 18.0 Å². The van der Waals surface area contributed by atoms with Crippen LogP contribution in [-0.4, -0.2) is 39.5 Å². The molecule has 3 aromatic carbocycles. The summed E-state index contributed by atoms with van der Waals surface area (Å²) in [5.74, 6) is -0.867. The number of fused-ring (bicyclic) bond motifs is 1. The standard InChI is InChI=1S/C25H23ClN2O6S/c1-3-33-25(30)19-13-10-17(14-20(19)26)27-24(29)23-15-28(21-6-4-5-7-22(21)34-23)35(31,32)18-11-8-16(2)9-12-18/h4-14,23H,3,15H2,1-2H3,(H,27,29)/t23-/m1/s1. The van der Waals surface area contributed by atoms with Crippen molar-refractivity contribution < 1.29 is 27.5 Å². The molecule has 1 heterocycles. The number of esters is 1. The number of halogens is 1. The fraction of sp³-hybridized carbons (Fsp3) is 0.200. The first-order valence-corrected chi connectivity index (χ1v) is 12.6. The molecular weight excluding hydrogens is 492 g/mol. The quantitative estimate of drug-likeness (QED) is 0.488. The molecule has 0 fully saturated rings. The summed E-state index contributed by atoms with van der Waals surface area (Å²) in [7, 11) is -3.96. The third-order valence-corrected chi connectivity index (χ3v) is 7.47. The molecule has 35 heavy (non-hydrogen) atoms. The molecule has 1 N–H and O–H groups in total. The maximum absolute atomic E-state index is 13.5. The van der Waals surface area contributed by atoms with Crippen molar-refractivity contribution in [3.63, 3.8) is 0 Å². The lowest BCUT2D eigenvalue weighted by Gasteiger charge is -2.34. The predicted octanol–water partition coefficient (Wildman–Crippen LogP) is 4.42. The van der Waals surface area contributed by atoms with Crippen molar-refractivity contribution >= 4 is 44.9 Å². The second-order valence-corrected chi connectivity index (χ2v) is 10.1. The Morgan fingerprint density at radius 2 is 1.83 bits per heavy atom. The molecule has 0 unspecified atom stereocenters. The number of carbonyl (C=O) groups excluding carboxylic acids is 2. The van der Waals surface area contributed by atoms with Crippen molar-refractivity contribution in [3.8, 4) is 5.75 Å². The third kappa shape index (κ3) is 5.11. The molecule has 0 aliphatic carbocycles. The predicted molar refractivity (Wildman–Crippen MR) is 133 cm³/mol. The number of nitrogens with one attached hydrogen (secondary N) is 1. The average molecular weight is 515 g/mol. The normalized spacial score (nSPS) is 15.1. The van der Waals surface area contributed by atoms with E-state index >= 15 is 0 Å². The van der Waals surface area contributed by atoms with Crippen LogP contribution in [0.4, 0.5) is 11.4 Å².